The lowest BCUT2D eigenvalue weighted by Gasteiger charge is -2.72. The van der Waals surface area contributed by atoms with Gasteiger partial charge in [0.05, 0.1) is 0 Å². The van der Waals surface area contributed by atoms with Crippen LogP contribution in [0.25, 0.3) is 0 Å². The molecule has 0 spiro atoms. The van der Waals surface area contributed by atoms with Crippen LogP contribution in [0.15, 0.2) is 11.6 Å². The van der Waals surface area contributed by atoms with Gasteiger partial charge in [-0.1, -0.05) is 53.2 Å². The number of rotatable bonds is 2. The molecular weight excluding hydrogens is 376 g/mol. The first-order valence-corrected chi connectivity index (χ1v) is 13.6. The number of carbonyl (C=O) groups is 1. The summed E-state index contributed by atoms with van der Waals surface area (Å²) >= 11 is 0. The minimum absolute atomic E-state index is 0.0828. The van der Waals surface area contributed by atoms with Crippen molar-refractivity contribution in [3.8, 4) is 0 Å². The highest BCUT2D eigenvalue weighted by Crippen LogP contribution is 2.78. The number of hydrogen-bond donors (Lipinski definition) is 0. The zero-order valence-electron chi connectivity index (χ0n) is 21.5. The SMILES string of the molecule is CC1=CCC[C@H]2[C@]3(C=O)CC[C@@]4(C)[C@@H]5CCC(C(C)C)[C@@]5(C)CC[C@]4(C)[C@H]3CC[C@]12C. The molecular formula is C30H48O. The van der Waals surface area contributed by atoms with Gasteiger partial charge in [0.1, 0.15) is 6.29 Å². The van der Waals surface area contributed by atoms with Gasteiger partial charge in [-0.25, -0.2) is 0 Å². The lowest BCUT2D eigenvalue weighted by molar-refractivity contribution is -0.231. The molecule has 0 heterocycles. The Hall–Kier alpha value is -0.590. The number of aldehydes is 1. The fraction of sp³-hybridized carbons (Fsp3) is 0.900. The van der Waals surface area contributed by atoms with Crippen LogP contribution >= 0.6 is 0 Å². The van der Waals surface area contributed by atoms with Crippen molar-refractivity contribution in [2.75, 3.05) is 0 Å². The van der Waals surface area contributed by atoms with Gasteiger partial charge in [0.15, 0.2) is 0 Å². The number of allylic oxidation sites excluding steroid dienone is 2. The van der Waals surface area contributed by atoms with Crippen molar-refractivity contribution < 1.29 is 4.79 Å². The molecule has 31 heavy (non-hydrogen) atoms. The fourth-order valence-electron chi connectivity index (χ4n) is 11.5. The van der Waals surface area contributed by atoms with Gasteiger partial charge >= 0.3 is 0 Å². The lowest BCUT2D eigenvalue weighted by atomic mass is 9.31. The van der Waals surface area contributed by atoms with Gasteiger partial charge in [-0.05, 0) is 122 Å². The van der Waals surface area contributed by atoms with Gasteiger partial charge in [-0.2, -0.15) is 0 Å². The largest absolute Gasteiger partial charge is 0.303 e. The third kappa shape index (κ3) is 2.48. The molecule has 0 amide bonds. The molecule has 0 N–H and O–H groups in total. The van der Waals surface area contributed by atoms with Crippen molar-refractivity contribution in [3.05, 3.63) is 11.6 Å². The molecule has 5 aliphatic rings. The van der Waals surface area contributed by atoms with Gasteiger partial charge in [-0.15, -0.1) is 0 Å². The van der Waals surface area contributed by atoms with Crippen LogP contribution < -0.4 is 0 Å². The van der Waals surface area contributed by atoms with E-state index in [9.17, 15) is 4.79 Å². The minimum atomic E-state index is -0.0828. The average Bonchev–Trinajstić information content (AvgIpc) is 3.09. The van der Waals surface area contributed by atoms with Crippen molar-refractivity contribution in [1.29, 1.82) is 0 Å². The van der Waals surface area contributed by atoms with Crippen LogP contribution in [0.2, 0.25) is 0 Å². The molecule has 5 rings (SSSR count). The Balaban J connectivity index is 1.57. The summed E-state index contributed by atoms with van der Waals surface area (Å²) in [7, 11) is 0. The maximum atomic E-state index is 13.2. The number of fused-ring (bicyclic) bond motifs is 7. The smallest absolute Gasteiger partial charge is 0.126 e. The second-order valence-corrected chi connectivity index (χ2v) is 14.1. The monoisotopic (exact) mass is 424 g/mol. The topological polar surface area (TPSA) is 17.1 Å². The first-order valence-electron chi connectivity index (χ1n) is 13.6. The predicted octanol–water partition coefficient (Wildman–Crippen LogP) is 8.23. The van der Waals surface area contributed by atoms with E-state index in [-0.39, 0.29) is 10.8 Å². The van der Waals surface area contributed by atoms with Crippen LogP contribution in [0.5, 0.6) is 0 Å². The molecule has 5 aliphatic carbocycles. The van der Waals surface area contributed by atoms with Crippen molar-refractivity contribution >= 4 is 6.29 Å². The van der Waals surface area contributed by atoms with Crippen molar-refractivity contribution in [2.45, 2.75) is 113 Å². The van der Waals surface area contributed by atoms with Crippen LogP contribution in [-0.2, 0) is 4.79 Å². The molecule has 0 aromatic heterocycles. The third-order valence-electron chi connectivity index (χ3n) is 13.4. The lowest BCUT2D eigenvalue weighted by Crippen LogP contribution is -2.67. The van der Waals surface area contributed by atoms with E-state index in [1.165, 1.54) is 64.1 Å². The van der Waals surface area contributed by atoms with E-state index >= 15 is 0 Å². The molecule has 0 aliphatic heterocycles. The summed E-state index contributed by atoms with van der Waals surface area (Å²) in [6.07, 6.45) is 17.0. The zero-order valence-corrected chi connectivity index (χ0v) is 21.5. The fourth-order valence-corrected chi connectivity index (χ4v) is 11.5. The molecule has 4 saturated carbocycles. The summed E-state index contributed by atoms with van der Waals surface area (Å²) in [5.74, 6) is 3.67. The van der Waals surface area contributed by atoms with Crippen molar-refractivity contribution in [1.82, 2.24) is 0 Å². The van der Waals surface area contributed by atoms with E-state index < -0.39 is 0 Å². The van der Waals surface area contributed by atoms with E-state index in [1.807, 2.05) is 0 Å². The van der Waals surface area contributed by atoms with Crippen LogP contribution in [0, 0.1) is 56.7 Å². The highest BCUT2D eigenvalue weighted by atomic mass is 16.1. The molecule has 0 aromatic rings. The van der Waals surface area contributed by atoms with E-state index in [4.69, 9.17) is 0 Å². The Bertz CT molecular complexity index is 794. The van der Waals surface area contributed by atoms with E-state index in [0.29, 0.717) is 28.1 Å². The number of carbonyl (C=O) groups excluding carboxylic acids is 1. The quantitative estimate of drug-likeness (QED) is 0.322. The molecule has 4 fully saturated rings. The van der Waals surface area contributed by atoms with Crippen molar-refractivity contribution in [3.63, 3.8) is 0 Å². The first kappa shape index (κ1) is 22.2. The predicted molar refractivity (Wildman–Crippen MR) is 130 cm³/mol. The molecule has 174 valence electrons. The average molecular weight is 425 g/mol. The third-order valence-corrected chi connectivity index (χ3v) is 13.4. The molecule has 0 aromatic carbocycles. The molecule has 1 nitrogen and oxygen atoms in total. The first-order chi connectivity index (χ1) is 14.5. The Morgan fingerprint density at radius 3 is 2.19 bits per heavy atom. The summed E-state index contributed by atoms with van der Waals surface area (Å²) in [6.45, 7) is 17.8. The summed E-state index contributed by atoms with van der Waals surface area (Å²) in [4.78, 5) is 13.2. The van der Waals surface area contributed by atoms with Crippen molar-refractivity contribution in [2.24, 2.45) is 56.7 Å². The van der Waals surface area contributed by atoms with Gasteiger partial charge < -0.3 is 4.79 Å². The molecule has 9 atom stereocenters. The Morgan fingerprint density at radius 2 is 1.52 bits per heavy atom. The minimum Gasteiger partial charge on any atom is -0.303 e. The molecule has 0 saturated heterocycles. The van der Waals surface area contributed by atoms with Gasteiger partial charge in [0, 0.05) is 5.41 Å². The van der Waals surface area contributed by atoms with Crippen LogP contribution in [-0.4, -0.2) is 6.29 Å². The van der Waals surface area contributed by atoms with Crippen LogP contribution in [0.4, 0.5) is 0 Å². The highest BCUT2D eigenvalue weighted by molar-refractivity contribution is 5.63. The van der Waals surface area contributed by atoms with Crippen LogP contribution in [0.3, 0.4) is 0 Å². The second kappa shape index (κ2) is 6.73. The van der Waals surface area contributed by atoms with Gasteiger partial charge in [-0.3, -0.25) is 0 Å². The highest BCUT2D eigenvalue weighted by Gasteiger charge is 2.72. The second-order valence-electron chi connectivity index (χ2n) is 14.1. The summed E-state index contributed by atoms with van der Waals surface area (Å²) in [6, 6.07) is 0. The van der Waals surface area contributed by atoms with Crippen LogP contribution in [0.1, 0.15) is 113 Å². The summed E-state index contributed by atoms with van der Waals surface area (Å²) < 4.78 is 0. The van der Waals surface area contributed by atoms with Gasteiger partial charge in [0.25, 0.3) is 0 Å². The summed E-state index contributed by atoms with van der Waals surface area (Å²) in [5.41, 5.74) is 2.97. The van der Waals surface area contributed by atoms with Gasteiger partial charge in [0.2, 0.25) is 0 Å². The summed E-state index contributed by atoms with van der Waals surface area (Å²) in [5, 5.41) is 0. The standard InChI is InChI=1S/C30H48O/c1-20(2)22-11-12-23-27(22,5)15-16-29(7)25-13-14-26(4)21(3)9-8-10-24(26)30(25,19-31)18-17-28(23,29)6/h9,19-20,22-25H,8,10-18H2,1-7H3/t22?,23-,24-,25-,26-,27-,28+,29-,30-/m1/s1. The van der Waals surface area contributed by atoms with E-state index in [0.717, 1.165) is 24.2 Å². The Labute approximate surface area is 192 Å². The zero-order chi connectivity index (χ0) is 22.4. The molecule has 0 radical (unpaired) electrons. The molecule has 0 bridgehead atoms. The molecule has 1 heteroatoms. The Kier molecular flexibility index (Phi) is 4.82. The normalized spacial score (nSPS) is 56.2. The van der Waals surface area contributed by atoms with E-state index in [1.54, 1.807) is 5.57 Å². The Morgan fingerprint density at radius 1 is 0.839 bits per heavy atom. The molecule has 1 unspecified atom stereocenters. The van der Waals surface area contributed by atoms with E-state index in [2.05, 4.69) is 54.5 Å². The maximum Gasteiger partial charge on any atom is 0.126 e. The number of hydrogen-bond acceptors (Lipinski definition) is 1. The maximum absolute atomic E-state index is 13.2.